The smallest absolute Gasteiger partial charge is 0.123 e. The third kappa shape index (κ3) is 4.32. The summed E-state index contributed by atoms with van der Waals surface area (Å²) in [6.07, 6.45) is 2.50. The molecule has 0 unspecified atom stereocenters. The molecule has 0 spiro atoms. The quantitative estimate of drug-likeness (QED) is 0.778. The molecule has 1 aliphatic carbocycles. The Hall–Kier alpha value is -1.32. The Labute approximate surface area is 130 Å². The van der Waals surface area contributed by atoms with Crippen molar-refractivity contribution in [2.24, 2.45) is 0 Å². The molecule has 0 saturated heterocycles. The van der Waals surface area contributed by atoms with Crippen LogP contribution in [0.1, 0.15) is 29.5 Å². The summed E-state index contributed by atoms with van der Waals surface area (Å²) in [6.45, 7) is 2.87. The van der Waals surface area contributed by atoms with Crippen LogP contribution in [0.25, 0.3) is 0 Å². The van der Waals surface area contributed by atoms with Gasteiger partial charge in [-0.1, -0.05) is 29.8 Å². The van der Waals surface area contributed by atoms with Gasteiger partial charge in [0, 0.05) is 23.2 Å². The minimum Gasteiger partial charge on any atom is -0.310 e. The Morgan fingerprint density at radius 3 is 2.81 bits per heavy atom. The summed E-state index contributed by atoms with van der Waals surface area (Å²) in [6, 6.07) is 14.3. The van der Waals surface area contributed by atoms with Crippen molar-refractivity contribution in [2.45, 2.75) is 43.0 Å². The molecule has 1 N–H and O–H groups in total. The predicted octanol–water partition coefficient (Wildman–Crippen LogP) is 4.68. The van der Waals surface area contributed by atoms with Crippen molar-refractivity contribution in [2.75, 3.05) is 0 Å². The maximum Gasteiger partial charge on any atom is 0.123 e. The number of halogens is 1. The number of nitrogens with one attached hydrogen (secondary N) is 1. The van der Waals surface area contributed by atoms with Crippen LogP contribution in [0.15, 0.2) is 47.4 Å². The van der Waals surface area contributed by atoms with Gasteiger partial charge in [0.05, 0.1) is 0 Å². The highest BCUT2D eigenvalue weighted by molar-refractivity contribution is 7.98. The number of thioether (sulfide) groups is 1. The molecule has 0 bridgehead atoms. The van der Waals surface area contributed by atoms with Gasteiger partial charge in [0.15, 0.2) is 0 Å². The highest BCUT2D eigenvalue weighted by Gasteiger charge is 2.20. The molecule has 1 saturated carbocycles. The van der Waals surface area contributed by atoms with Gasteiger partial charge in [0.25, 0.3) is 0 Å². The third-order valence-electron chi connectivity index (χ3n) is 3.66. The van der Waals surface area contributed by atoms with E-state index < -0.39 is 0 Å². The lowest BCUT2D eigenvalue weighted by Crippen LogP contribution is -2.16. The molecule has 0 radical (unpaired) electrons. The average molecular weight is 301 g/mol. The first-order chi connectivity index (χ1) is 10.2. The van der Waals surface area contributed by atoms with Gasteiger partial charge in [0.2, 0.25) is 0 Å². The minimum absolute atomic E-state index is 0.150. The minimum atomic E-state index is -0.150. The van der Waals surface area contributed by atoms with E-state index in [9.17, 15) is 4.39 Å². The van der Waals surface area contributed by atoms with Gasteiger partial charge in [-0.25, -0.2) is 4.39 Å². The Kier molecular flexibility index (Phi) is 4.61. The van der Waals surface area contributed by atoms with E-state index >= 15 is 0 Å². The molecule has 1 nitrogen and oxygen atoms in total. The largest absolute Gasteiger partial charge is 0.310 e. The monoisotopic (exact) mass is 301 g/mol. The first-order valence-electron chi connectivity index (χ1n) is 7.41. The predicted molar refractivity (Wildman–Crippen MR) is 87.0 cm³/mol. The van der Waals surface area contributed by atoms with Crippen molar-refractivity contribution in [1.82, 2.24) is 5.32 Å². The molecular formula is C18H20FNS. The van der Waals surface area contributed by atoms with E-state index in [4.69, 9.17) is 0 Å². The topological polar surface area (TPSA) is 12.0 Å². The first kappa shape index (κ1) is 14.6. The van der Waals surface area contributed by atoms with Crippen LogP contribution in [0.5, 0.6) is 0 Å². The van der Waals surface area contributed by atoms with Gasteiger partial charge < -0.3 is 5.32 Å². The highest BCUT2D eigenvalue weighted by Crippen LogP contribution is 2.28. The molecule has 0 aliphatic heterocycles. The van der Waals surface area contributed by atoms with Crippen molar-refractivity contribution in [1.29, 1.82) is 0 Å². The Bertz CT molecular complexity index is 622. The highest BCUT2D eigenvalue weighted by atomic mass is 32.2. The van der Waals surface area contributed by atoms with Gasteiger partial charge in [-0.3, -0.25) is 0 Å². The van der Waals surface area contributed by atoms with Crippen LogP contribution in [0.2, 0.25) is 0 Å². The number of hydrogen-bond acceptors (Lipinski definition) is 2. The molecule has 110 valence electrons. The first-order valence-corrected chi connectivity index (χ1v) is 8.39. The van der Waals surface area contributed by atoms with Gasteiger partial charge >= 0.3 is 0 Å². The maximum absolute atomic E-state index is 13.5. The molecule has 0 amide bonds. The summed E-state index contributed by atoms with van der Waals surface area (Å²) in [5, 5.41) is 3.47. The zero-order valence-corrected chi connectivity index (χ0v) is 13.0. The van der Waals surface area contributed by atoms with Gasteiger partial charge in [-0.2, -0.15) is 0 Å². The van der Waals surface area contributed by atoms with Crippen LogP contribution in [0.3, 0.4) is 0 Å². The van der Waals surface area contributed by atoms with Crippen molar-refractivity contribution in [3.63, 3.8) is 0 Å². The van der Waals surface area contributed by atoms with E-state index in [1.54, 1.807) is 23.9 Å². The third-order valence-corrected chi connectivity index (χ3v) is 4.84. The molecule has 0 aromatic heterocycles. The summed E-state index contributed by atoms with van der Waals surface area (Å²) in [7, 11) is 0. The lowest BCUT2D eigenvalue weighted by Gasteiger charge is -2.11. The normalized spacial score (nSPS) is 14.4. The standard InChI is InChI=1S/C18H20FNS/c1-13-3-2-4-14(9-13)12-21-18-8-5-16(19)10-15(18)11-20-17-6-7-17/h2-5,8-10,17,20H,6-7,11-12H2,1H3. The Morgan fingerprint density at radius 2 is 2.05 bits per heavy atom. The fourth-order valence-electron chi connectivity index (χ4n) is 2.33. The lowest BCUT2D eigenvalue weighted by atomic mass is 10.2. The van der Waals surface area contributed by atoms with Crippen molar-refractivity contribution in [3.05, 3.63) is 65.0 Å². The van der Waals surface area contributed by atoms with Crippen LogP contribution in [0, 0.1) is 12.7 Å². The Morgan fingerprint density at radius 1 is 1.19 bits per heavy atom. The second kappa shape index (κ2) is 6.63. The molecule has 1 fully saturated rings. The maximum atomic E-state index is 13.5. The van der Waals surface area contributed by atoms with Crippen molar-refractivity contribution < 1.29 is 4.39 Å². The summed E-state index contributed by atoms with van der Waals surface area (Å²) in [4.78, 5) is 1.17. The molecule has 3 heteroatoms. The molecule has 0 heterocycles. The van der Waals surface area contributed by atoms with E-state index in [0.717, 1.165) is 17.9 Å². The lowest BCUT2D eigenvalue weighted by molar-refractivity contribution is 0.616. The van der Waals surface area contributed by atoms with E-state index in [-0.39, 0.29) is 5.82 Å². The summed E-state index contributed by atoms with van der Waals surface area (Å²) in [5.41, 5.74) is 3.66. The van der Waals surface area contributed by atoms with Crippen LogP contribution in [0.4, 0.5) is 4.39 Å². The summed E-state index contributed by atoms with van der Waals surface area (Å²) < 4.78 is 13.5. The van der Waals surface area contributed by atoms with Gasteiger partial charge in [-0.15, -0.1) is 11.8 Å². The second-order valence-electron chi connectivity index (χ2n) is 5.68. The number of hydrogen-bond donors (Lipinski definition) is 1. The van der Waals surface area contributed by atoms with E-state index in [1.807, 2.05) is 6.07 Å². The van der Waals surface area contributed by atoms with Crippen LogP contribution in [-0.2, 0) is 12.3 Å². The molecule has 2 aromatic rings. The van der Waals surface area contributed by atoms with Crippen molar-refractivity contribution >= 4 is 11.8 Å². The van der Waals surface area contributed by atoms with Crippen molar-refractivity contribution in [3.8, 4) is 0 Å². The zero-order chi connectivity index (χ0) is 14.7. The molecule has 21 heavy (non-hydrogen) atoms. The molecule has 3 rings (SSSR count). The number of benzene rings is 2. The fraction of sp³-hybridized carbons (Fsp3) is 0.333. The Balaban J connectivity index is 1.68. The average Bonchev–Trinajstić information content (AvgIpc) is 3.28. The van der Waals surface area contributed by atoms with Gasteiger partial charge in [0.1, 0.15) is 5.82 Å². The molecule has 0 atom stereocenters. The SMILES string of the molecule is Cc1cccc(CSc2ccc(F)cc2CNC2CC2)c1. The number of rotatable bonds is 6. The van der Waals surface area contributed by atoms with Crippen LogP contribution < -0.4 is 5.32 Å². The van der Waals surface area contributed by atoms with E-state index in [0.29, 0.717) is 6.04 Å². The number of aryl methyl sites for hydroxylation is 1. The van der Waals surface area contributed by atoms with Crippen LogP contribution >= 0.6 is 11.8 Å². The van der Waals surface area contributed by atoms with Crippen LogP contribution in [-0.4, -0.2) is 6.04 Å². The summed E-state index contributed by atoms with van der Waals surface area (Å²) in [5.74, 6) is 0.770. The molecule has 1 aliphatic rings. The zero-order valence-electron chi connectivity index (χ0n) is 12.2. The fourth-order valence-corrected chi connectivity index (χ4v) is 3.31. The van der Waals surface area contributed by atoms with E-state index in [1.165, 1.54) is 28.9 Å². The van der Waals surface area contributed by atoms with E-state index in [2.05, 4.69) is 36.5 Å². The summed E-state index contributed by atoms with van der Waals surface area (Å²) >= 11 is 1.78. The molecule has 2 aromatic carbocycles. The second-order valence-corrected chi connectivity index (χ2v) is 6.70. The van der Waals surface area contributed by atoms with Gasteiger partial charge in [-0.05, 0) is 49.1 Å². The molecular weight excluding hydrogens is 281 g/mol.